The summed E-state index contributed by atoms with van der Waals surface area (Å²) < 4.78 is 5.39. The average Bonchev–Trinajstić information content (AvgIpc) is 3.66. The van der Waals surface area contributed by atoms with Crippen molar-refractivity contribution >= 4 is 11.4 Å². The maximum atomic E-state index is 11.2. The fraction of sp³-hybridized carbons (Fsp3) is 0.345. The van der Waals surface area contributed by atoms with Crippen LogP contribution >= 0.6 is 0 Å². The Labute approximate surface area is 201 Å². The number of methoxy groups -OCH3 is 1. The normalized spacial score (nSPS) is 17.5. The summed E-state index contributed by atoms with van der Waals surface area (Å²) in [5.41, 5.74) is 6.71. The summed E-state index contributed by atoms with van der Waals surface area (Å²) in [6.07, 6.45) is 2.17. The van der Waals surface area contributed by atoms with Crippen LogP contribution in [0.25, 0.3) is 0 Å². The van der Waals surface area contributed by atoms with Crippen LogP contribution in [0.5, 0.6) is 11.5 Å². The number of aromatic hydroxyl groups is 1. The highest BCUT2D eigenvalue weighted by molar-refractivity contribution is 6.18. The van der Waals surface area contributed by atoms with E-state index in [1.54, 1.807) is 13.2 Å². The quantitative estimate of drug-likeness (QED) is 0.485. The highest BCUT2D eigenvalue weighted by Crippen LogP contribution is 2.42. The van der Waals surface area contributed by atoms with E-state index in [1.165, 1.54) is 18.4 Å². The Bertz CT molecular complexity index is 1210. The van der Waals surface area contributed by atoms with Gasteiger partial charge in [0.1, 0.15) is 11.5 Å². The van der Waals surface area contributed by atoms with Crippen LogP contribution in [-0.4, -0.2) is 29.4 Å². The van der Waals surface area contributed by atoms with Crippen LogP contribution in [0.15, 0.2) is 65.7 Å². The van der Waals surface area contributed by atoms with Gasteiger partial charge >= 0.3 is 0 Å². The molecule has 34 heavy (non-hydrogen) atoms. The van der Waals surface area contributed by atoms with Gasteiger partial charge in [0.25, 0.3) is 0 Å². The Morgan fingerprint density at radius 3 is 2.50 bits per heavy atom. The molecule has 0 bridgehead atoms. The molecule has 1 saturated carbocycles. The lowest BCUT2D eigenvalue weighted by atomic mass is 9.89. The summed E-state index contributed by atoms with van der Waals surface area (Å²) in [6.45, 7) is 4.82. The van der Waals surface area contributed by atoms with E-state index in [-0.39, 0.29) is 0 Å². The molecular weight excluding hydrogens is 424 g/mol. The number of aliphatic hydroxyl groups excluding tert-OH is 1. The Morgan fingerprint density at radius 1 is 1.06 bits per heavy atom. The first-order valence-electron chi connectivity index (χ1n) is 12.1. The molecule has 2 aliphatic rings. The zero-order valence-electron chi connectivity index (χ0n) is 20.0. The number of ether oxygens (including phenoxy) is 1. The highest BCUT2D eigenvalue weighted by atomic mass is 16.5. The van der Waals surface area contributed by atoms with Gasteiger partial charge in [-0.15, -0.1) is 0 Å². The molecule has 1 aliphatic heterocycles. The minimum Gasteiger partial charge on any atom is -0.508 e. The van der Waals surface area contributed by atoms with E-state index in [1.807, 2.05) is 35.2 Å². The van der Waals surface area contributed by atoms with Crippen molar-refractivity contribution < 1.29 is 14.9 Å². The predicted octanol–water partition coefficient (Wildman–Crippen LogP) is 5.61. The van der Waals surface area contributed by atoms with Gasteiger partial charge in [-0.25, -0.2) is 4.99 Å². The summed E-state index contributed by atoms with van der Waals surface area (Å²) in [7, 11) is 1.65. The zero-order chi connectivity index (χ0) is 23.8. The topological polar surface area (TPSA) is 65.3 Å². The van der Waals surface area contributed by atoms with Crippen LogP contribution in [0.3, 0.4) is 0 Å². The molecule has 1 heterocycles. The summed E-state index contributed by atoms with van der Waals surface area (Å²) in [6, 6.07) is 19.9. The second kappa shape index (κ2) is 9.15. The molecule has 1 atom stereocenters. The van der Waals surface area contributed by atoms with Crippen LogP contribution in [0.4, 0.5) is 5.69 Å². The smallest absolute Gasteiger partial charge is 0.226 e. The Kier molecular flexibility index (Phi) is 6.05. The number of benzene rings is 3. The third-order valence-electron chi connectivity index (χ3n) is 6.86. The lowest BCUT2D eigenvalue weighted by Crippen LogP contribution is -2.39. The van der Waals surface area contributed by atoms with Gasteiger partial charge in [-0.2, -0.15) is 0 Å². The van der Waals surface area contributed by atoms with Gasteiger partial charge in [0.2, 0.25) is 6.35 Å². The van der Waals surface area contributed by atoms with E-state index in [0.717, 1.165) is 45.8 Å². The maximum absolute atomic E-state index is 11.2. The molecule has 1 fully saturated rings. The number of nitrogens with zero attached hydrogens (tertiary/aromatic N) is 2. The van der Waals surface area contributed by atoms with Crippen LogP contribution in [-0.2, 0) is 13.0 Å². The molecule has 0 aromatic heterocycles. The molecule has 0 spiro atoms. The summed E-state index contributed by atoms with van der Waals surface area (Å²) >= 11 is 0. The second-order valence-corrected chi connectivity index (χ2v) is 9.69. The Hall–Kier alpha value is -3.31. The van der Waals surface area contributed by atoms with Crippen LogP contribution in [0.1, 0.15) is 60.4 Å². The summed E-state index contributed by atoms with van der Waals surface area (Å²) in [4.78, 5) is 6.67. The first-order valence-corrected chi connectivity index (χ1v) is 12.1. The van der Waals surface area contributed by atoms with Crippen molar-refractivity contribution in [2.75, 3.05) is 12.0 Å². The minimum atomic E-state index is -1.03. The van der Waals surface area contributed by atoms with E-state index < -0.39 is 6.35 Å². The maximum Gasteiger partial charge on any atom is 0.226 e. The average molecular weight is 457 g/mol. The zero-order valence-corrected chi connectivity index (χ0v) is 20.0. The first kappa shape index (κ1) is 22.5. The molecule has 3 aromatic carbocycles. The monoisotopic (exact) mass is 456 g/mol. The first-order chi connectivity index (χ1) is 16.4. The molecule has 5 heteroatoms. The molecule has 3 aromatic rings. The number of aliphatic imine (C=N–C) groups is 1. The third kappa shape index (κ3) is 4.40. The predicted molar refractivity (Wildman–Crippen MR) is 136 cm³/mol. The van der Waals surface area contributed by atoms with E-state index in [9.17, 15) is 10.2 Å². The third-order valence-corrected chi connectivity index (χ3v) is 6.86. The lowest BCUT2D eigenvalue weighted by Gasteiger charge is -2.35. The van der Waals surface area contributed by atoms with E-state index >= 15 is 0 Å². The van der Waals surface area contributed by atoms with Crippen LogP contribution < -0.4 is 9.64 Å². The number of fused-ring (bicyclic) bond motifs is 1. The number of hydrogen-bond acceptors (Lipinski definition) is 5. The molecule has 2 N–H and O–H groups in total. The van der Waals surface area contributed by atoms with E-state index in [0.29, 0.717) is 24.1 Å². The number of phenolic OH excluding ortho intramolecular Hbond substituents is 1. The van der Waals surface area contributed by atoms with Crippen molar-refractivity contribution in [2.45, 2.75) is 51.9 Å². The van der Waals surface area contributed by atoms with Crippen LogP contribution in [0, 0.1) is 5.92 Å². The Morgan fingerprint density at radius 2 is 1.82 bits per heavy atom. The SMILES string of the molecule is COc1cccc(CN2c3ccc(O)c(CC4CC4)c3C(c3ccc(C(C)C)cc3)=NC2O)c1. The second-order valence-electron chi connectivity index (χ2n) is 9.69. The van der Waals surface area contributed by atoms with Crippen molar-refractivity contribution in [3.8, 4) is 11.5 Å². The minimum absolute atomic E-state index is 0.301. The molecule has 5 rings (SSSR count). The van der Waals surface area contributed by atoms with Gasteiger partial charge in [-0.3, -0.25) is 0 Å². The number of rotatable bonds is 7. The van der Waals surface area contributed by atoms with Gasteiger partial charge in [-0.05, 0) is 66.5 Å². The number of phenols is 1. The molecule has 0 saturated heterocycles. The largest absolute Gasteiger partial charge is 0.508 e. The molecule has 0 radical (unpaired) electrons. The van der Waals surface area contributed by atoms with Gasteiger partial charge in [0, 0.05) is 23.2 Å². The van der Waals surface area contributed by atoms with Gasteiger partial charge in [0.05, 0.1) is 18.5 Å². The number of hydrogen-bond donors (Lipinski definition) is 2. The van der Waals surface area contributed by atoms with Gasteiger partial charge in [-0.1, -0.05) is 50.2 Å². The number of aliphatic hydroxyl groups is 1. The van der Waals surface area contributed by atoms with E-state index in [2.05, 4.69) is 38.1 Å². The van der Waals surface area contributed by atoms with Crippen molar-refractivity contribution in [1.82, 2.24) is 0 Å². The standard InChI is InChI=1S/C29H32N2O3/c1-18(2)21-9-11-22(12-10-21)28-27-24(16-19-7-8-19)26(32)14-13-25(27)31(29(33)30-28)17-20-5-4-6-23(15-20)34-3/h4-6,9-15,18-19,29,32-33H,7-8,16-17H2,1-3H3. The molecule has 1 unspecified atom stereocenters. The molecular formula is C29H32N2O3. The molecule has 1 aliphatic carbocycles. The molecule has 0 amide bonds. The van der Waals surface area contributed by atoms with Crippen molar-refractivity contribution in [2.24, 2.45) is 10.9 Å². The summed E-state index contributed by atoms with van der Waals surface area (Å²) in [5.74, 6) is 2.11. The number of anilines is 1. The van der Waals surface area contributed by atoms with Gasteiger partial charge < -0.3 is 19.8 Å². The molecule has 5 nitrogen and oxygen atoms in total. The highest BCUT2D eigenvalue weighted by Gasteiger charge is 2.33. The fourth-order valence-corrected chi connectivity index (χ4v) is 4.70. The fourth-order valence-electron chi connectivity index (χ4n) is 4.70. The van der Waals surface area contributed by atoms with Crippen molar-refractivity contribution in [1.29, 1.82) is 0 Å². The van der Waals surface area contributed by atoms with E-state index in [4.69, 9.17) is 9.73 Å². The lowest BCUT2D eigenvalue weighted by molar-refractivity contribution is 0.175. The summed E-state index contributed by atoms with van der Waals surface area (Å²) in [5, 5.41) is 22.1. The van der Waals surface area contributed by atoms with Crippen molar-refractivity contribution in [3.63, 3.8) is 0 Å². The van der Waals surface area contributed by atoms with Gasteiger partial charge in [0.15, 0.2) is 0 Å². The Balaban J connectivity index is 1.61. The van der Waals surface area contributed by atoms with Crippen LogP contribution in [0.2, 0.25) is 0 Å². The molecule has 176 valence electrons. The van der Waals surface area contributed by atoms with Crippen molar-refractivity contribution in [3.05, 3.63) is 88.5 Å².